The molecule has 0 atom stereocenters. The number of hydrogen-bond donors (Lipinski definition) is 2. The fraction of sp³-hybridized carbons (Fsp3) is 0.273. The third-order valence-electron chi connectivity index (χ3n) is 2.73. The molecule has 0 radical (unpaired) electrons. The Bertz CT molecular complexity index is 643. The quantitative estimate of drug-likeness (QED) is 0.808. The number of rotatable bonds is 3. The van der Waals surface area contributed by atoms with Gasteiger partial charge in [-0.2, -0.15) is 10.1 Å². The monoisotopic (exact) mass is 248 g/mol. The van der Waals surface area contributed by atoms with E-state index in [1.165, 1.54) is 10.8 Å². The predicted octanol–water partition coefficient (Wildman–Crippen LogP) is 0.200. The lowest BCUT2D eigenvalue weighted by Gasteiger charge is -2.12. The van der Waals surface area contributed by atoms with Gasteiger partial charge in [-0.05, 0) is 13.8 Å². The maximum absolute atomic E-state index is 11.9. The van der Waals surface area contributed by atoms with Crippen LogP contribution in [0.15, 0.2) is 17.2 Å². The Hall–Kier alpha value is -2.44. The molecule has 2 heterocycles. The molecule has 2 N–H and O–H groups in total. The van der Waals surface area contributed by atoms with Crippen molar-refractivity contribution >= 4 is 5.97 Å². The zero-order valence-corrected chi connectivity index (χ0v) is 9.97. The molecule has 18 heavy (non-hydrogen) atoms. The molecule has 0 aromatic carbocycles. The summed E-state index contributed by atoms with van der Waals surface area (Å²) in [7, 11) is 0. The van der Waals surface area contributed by atoms with Crippen molar-refractivity contribution in [3.05, 3.63) is 39.8 Å². The van der Waals surface area contributed by atoms with Crippen LogP contribution in [0.25, 0.3) is 5.69 Å². The predicted molar refractivity (Wildman–Crippen MR) is 62.8 cm³/mol. The summed E-state index contributed by atoms with van der Waals surface area (Å²) in [6.07, 6.45) is 2.87. The van der Waals surface area contributed by atoms with E-state index in [1.54, 1.807) is 20.0 Å². The summed E-state index contributed by atoms with van der Waals surface area (Å²) < 4.78 is 1.34. The lowest BCUT2D eigenvalue weighted by Crippen LogP contribution is -2.26. The van der Waals surface area contributed by atoms with E-state index in [9.17, 15) is 9.59 Å². The molecule has 2 rings (SSSR count). The number of carboxylic acid groups (broad SMARTS) is 1. The maximum atomic E-state index is 11.9. The summed E-state index contributed by atoms with van der Waals surface area (Å²) in [4.78, 5) is 26.5. The molecule has 2 aromatic rings. The first-order chi connectivity index (χ1) is 8.50. The summed E-state index contributed by atoms with van der Waals surface area (Å²) in [6.45, 7) is 3.33. The molecule has 0 aliphatic rings. The van der Waals surface area contributed by atoms with Gasteiger partial charge >= 0.3 is 11.7 Å². The molecule has 0 fully saturated rings. The van der Waals surface area contributed by atoms with Crippen molar-refractivity contribution in [2.75, 3.05) is 0 Å². The number of carboxylic acids is 1. The Balaban J connectivity index is 2.68. The average Bonchev–Trinajstić information content (AvgIpc) is 2.77. The minimum atomic E-state index is -0.958. The summed E-state index contributed by atoms with van der Waals surface area (Å²) in [5.41, 5.74) is 1.65. The lowest BCUT2D eigenvalue weighted by molar-refractivity contribution is -0.136. The van der Waals surface area contributed by atoms with E-state index < -0.39 is 11.7 Å². The number of hydrogen-bond acceptors (Lipinski definition) is 4. The molecule has 0 spiro atoms. The van der Waals surface area contributed by atoms with Gasteiger partial charge in [0.1, 0.15) is 0 Å². The van der Waals surface area contributed by atoms with Gasteiger partial charge in [-0.25, -0.2) is 4.79 Å². The highest BCUT2D eigenvalue weighted by molar-refractivity contribution is 5.71. The molecule has 0 aliphatic heterocycles. The fourth-order valence-electron chi connectivity index (χ4n) is 1.88. The van der Waals surface area contributed by atoms with E-state index in [0.29, 0.717) is 22.6 Å². The van der Waals surface area contributed by atoms with Crippen LogP contribution in [0, 0.1) is 13.8 Å². The van der Waals surface area contributed by atoms with Crippen molar-refractivity contribution in [2.45, 2.75) is 20.3 Å². The number of aliphatic carboxylic acids is 1. The van der Waals surface area contributed by atoms with E-state index in [2.05, 4.69) is 15.2 Å². The van der Waals surface area contributed by atoms with Crippen LogP contribution in [0.2, 0.25) is 0 Å². The highest BCUT2D eigenvalue weighted by Gasteiger charge is 2.15. The van der Waals surface area contributed by atoms with Crippen LogP contribution < -0.4 is 5.69 Å². The molecule has 0 aliphatic carbocycles. The molecule has 0 unspecified atom stereocenters. The molecule has 0 saturated heterocycles. The fourth-order valence-corrected chi connectivity index (χ4v) is 1.88. The van der Waals surface area contributed by atoms with Gasteiger partial charge in [-0.15, -0.1) is 0 Å². The van der Waals surface area contributed by atoms with Crippen molar-refractivity contribution in [1.82, 2.24) is 19.7 Å². The zero-order chi connectivity index (χ0) is 13.3. The largest absolute Gasteiger partial charge is 0.481 e. The Kier molecular flexibility index (Phi) is 2.97. The normalized spacial score (nSPS) is 10.6. The number of H-pyrrole nitrogens is 1. The molecular formula is C11H12N4O3. The summed E-state index contributed by atoms with van der Waals surface area (Å²) in [6, 6.07) is 0. The van der Waals surface area contributed by atoms with E-state index in [-0.39, 0.29) is 6.42 Å². The number of nitrogens with zero attached hydrogens (tertiary/aromatic N) is 3. The molecule has 0 bridgehead atoms. The zero-order valence-electron chi connectivity index (χ0n) is 9.97. The van der Waals surface area contributed by atoms with Crippen molar-refractivity contribution in [3.63, 3.8) is 0 Å². The summed E-state index contributed by atoms with van der Waals surface area (Å²) >= 11 is 0. The summed E-state index contributed by atoms with van der Waals surface area (Å²) in [5.74, 6) is -0.958. The smallest absolute Gasteiger partial charge is 0.352 e. The van der Waals surface area contributed by atoms with Crippen LogP contribution in [0.3, 0.4) is 0 Å². The van der Waals surface area contributed by atoms with Crippen LogP contribution in [0.1, 0.15) is 17.0 Å². The van der Waals surface area contributed by atoms with E-state index in [1.807, 2.05) is 0 Å². The SMILES string of the molecule is Cc1nc(=O)n(-c2cn[nH]c2)c(C)c1CC(=O)O. The van der Waals surface area contributed by atoms with Crippen molar-refractivity contribution < 1.29 is 9.90 Å². The third-order valence-corrected chi connectivity index (χ3v) is 2.73. The first-order valence-corrected chi connectivity index (χ1v) is 5.30. The Morgan fingerprint density at radius 2 is 2.22 bits per heavy atom. The number of aromatic amines is 1. The van der Waals surface area contributed by atoms with Crippen LogP contribution in [-0.4, -0.2) is 30.8 Å². The second-order valence-corrected chi connectivity index (χ2v) is 3.91. The van der Waals surface area contributed by atoms with Gasteiger partial charge in [-0.3, -0.25) is 14.5 Å². The van der Waals surface area contributed by atoms with Crippen molar-refractivity contribution in [3.8, 4) is 5.69 Å². The van der Waals surface area contributed by atoms with Gasteiger partial charge in [0.25, 0.3) is 0 Å². The average molecular weight is 248 g/mol. The molecule has 7 nitrogen and oxygen atoms in total. The molecule has 0 saturated carbocycles. The van der Waals surface area contributed by atoms with Gasteiger partial charge in [0.05, 0.1) is 18.3 Å². The Morgan fingerprint density at radius 3 is 2.78 bits per heavy atom. The molecule has 94 valence electrons. The highest BCUT2D eigenvalue weighted by Crippen LogP contribution is 2.13. The van der Waals surface area contributed by atoms with Gasteiger partial charge in [0.15, 0.2) is 0 Å². The van der Waals surface area contributed by atoms with Gasteiger partial charge in [0.2, 0.25) is 0 Å². The van der Waals surface area contributed by atoms with Crippen molar-refractivity contribution in [1.29, 1.82) is 0 Å². The van der Waals surface area contributed by atoms with Gasteiger partial charge < -0.3 is 5.11 Å². The number of aromatic nitrogens is 4. The lowest BCUT2D eigenvalue weighted by atomic mass is 10.1. The molecule has 7 heteroatoms. The van der Waals surface area contributed by atoms with Crippen LogP contribution in [0.4, 0.5) is 0 Å². The van der Waals surface area contributed by atoms with Crippen LogP contribution in [-0.2, 0) is 11.2 Å². The maximum Gasteiger partial charge on any atom is 0.352 e. The highest BCUT2D eigenvalue weighted by atomic mass is 16.4. The van der Waals surface area contributed by atoms with Crippen LogP contribution in [0.5, 0.6) is 0 Å². The Labute approximate surface area is 102 Å². The second-order valence-electron chi connectivity index (χ2n) is 3.91. The molecule has 2 aromatic heterocycles. The molecule has 0 amide bonds. The Morgan fingerprint density at radius 1 is 1.50 bits per heavy atom. The number of nitrogens with one attached hydrogen (secondary N) is 1. The van der Waals surface area contributed by atoms with Crippen molar-refractivity contribution in [2.24, 2.45) is 0 Å². The number of carbonyl (C=O) groups is 1. The van der Waals surface area contributed by atoms with Gasteiger partial charge in [-0.1, -0.05) is 0 Å². The first kappa shape index (κ1) is 12.0. The van der Waals surface area contributed by atoms with E-state index >= 15 is 0 Å². The third kappa shape index (κ3) is 2.02. The number of aryl methyl sites for hydroxylation is 1. The summed E-state index contributed by atoms with van der Waals surface area (Å²) in [5, 5.41) is 15.2. The second kappa shape index (κ2) is 4.44. The van der Waals surface area contributed by atoms with Gasteiger partial charge in [0, 0.05) is 23.1 Å². The van der Waals surface area contributed by atoms with E-state index in [0.717, 1.165) is 0 Å². The molecular weight excluding hydrogens is 236 g/mol. The minimum Gasteiger partial charge on any atom is -0.481 e. The first-order valence-electron chi connectivity index (χ1n) is 5.30. The standard InChI is InChI=1S/C11H12N4O3/c1-6-9(3-10(16)17)7(2)15(11(18)14-6)8-4-12-13-5-8/h4-5H,3H2,1-2H3,(H,12,13)(H,16,17). The topological polar surface area (TPSA) is 101 Å². The minimum absolute atomic E-state index is 0.164. The van der Waals surface area contributed by atoms with Crippen LogP contribution >= 0.6 is 0 Å². The van der Waals surface area contributed by atoms with E-state index in [4.69, 9.17) is 5.11 Å².